The summed E-state index contributed by atoms with van der Waals surface area (Å²) in [4.78, 5) is 2.26. The van der Waals surface area contributed by atoms with Gasteiger partial charge >= 0.3 is 0 Å². The van der Waals surface area contributed by atoms with Gasteiger partial charge in [-0.3, -0.25) is 0 Å². The second-order valence-electron chi connectivity index (χ2n) is 9.77. The number of benzene rings is 1. The van der Waals surface area contributed by atoms with Gasteiger partial charge in [-0.25, -0.2) is 0 Å². The molecule has 0 unspecified atom stereocenters. The average molecular weight is 412 g/mol. The topological polar surface area (TPSA) is 43.7 Å². The zero-order valence-corrected chi connectivity index (χ0v) is 19.1. The van der Waals surface area contributed by atoms with Gasteiger partial charge in [-0.05, 0) is 95.5 Å². The van der Waals surface area contributed by atoms with Crippen molar-refractivity contribution in [3.05, 3.63) is 59.2 Å². The van der Waals surface area contributed by atoms with Gasteiger partial charge in [-0.15, -0.1) is 0 Å². The zero-order chi connectivity index (χ0) is 21.5. The van der Waals surface area contributed by atoms with Gasteiger partial charge in [-0.1, -0.05) is 54.5 Å². The van der Waals surface area contributed by atoms with Crippen LogP contribution in [-0.2, 0) is 6.42 Å². The molecular weight excluding hydrogens is 370 g/mol. The molecule has 0 bridgehead atoms. The summed E-state index contributed by atoms with van der Waals surface area (Å²) in [5.41, 5.74) is 4.19. The largest absolute Gasteiger partial charge is 0.392 e. The van der Waals surface area contributed by atoms with E-state index in [4.69, 9.17) is 0 Å². The minimum atomic E-state index is -0.443. The van der Waals surface area contributed by atoms with Crippen LogP contribution in [0.3, 0.4) is 0 Å². The SMILES string of the molecule is Cc1ccccc1CC[C@H](O)/C=C/[C@@H]1[C@H]2CC(CCCCCN(C)C)=C[C@H]2C[C@H]1O. The number of hydrogen-bond donors (Lipinski definition) is 2. The summed E-state index contributed by atoms with van der Waals surface area (Å²) in [5, 5.41) is 21.0. The quantitative estimate of drug-likeness (QED) is 0.402. The monoisotopic (exact) mass is 411 g/mol. The van der Waals surface area contributed by atoms with Crippen LogP contribution in [0.5, 0.6) is 0 Å². The van der Waals surface area contributed by atoms with E-state index in [0.717, 1.165) is 25.7 Å². The molecule has 2 aliphatic carbocycles. The van der Waals surface area contributed by atoms with Crippen molar-refractivity contribution in [2.24, 2.45) is 17.8 Å². The fourth-order valence-corrected chi connectivity index (χ4v) is 5.29. The predicted molar refractivity (Wildman–Crippen MR) is 125 cm³/mol. The molecule has 1 aromatic carbocycles. The molecular formula is C27H41NO2. The van der Waals surface area contributed by atoms with E-state index in [-0.39, 0.29) is 12.0 Å². The van der Waals surface area contributed by atoms with Gasteiger partial charge < -0.3 is 15.1 Å². The highest BCUT2D eigenvalue weighted by Crippen LogP contribution is 2.48. The van der Waals surface area contributed by atoms with Crippen molar-refractivity contribution in [3.63, 3.8) is 0 Å². The number of allylic oxidation sites excluding steroid dienone is 2. The van der Waals surface area contributed by atoms with Gasteiger partial charge in [0.1, 0.15) is 0 Å². The molecule has 3 nitrogen and oxygen atoms in total. The van der Waals surface area contributed by atoms with Gasteiger partial charge in [-0.2, -0.15) is 0 Å². The van der Waals surface area contributed by atoms with Crippen molar-refractivity contribution in [2.45, 2.75) is 70.5 Å². The second kappa shape index (κ2) is 11.3. The fourth-order valence-electron chi connectivity index (χ4n) is 5.29. The van der Waals surface area contributed by atoms with Crippen molar-refractivity contribution < 1.29 is 10.2 Å². The lowest BCUT2D eigenvalue weighted by molar-refractivity contribution is 0.139. The van der Waals surface area contributed by atoms with Crippen LogP contribution in [0.1, 0.15) is 56.1 Å². The molecule has 0 aromatic heterocycles. The Morgan fingerprint density at radius 1 is 1.13 bits per heavy atom. The highest BCUT2D eigenvalue weighted by atomic mass is 16.3. The molecule has 166 valence electrons. The Hall–Kier alpha value is -1.42. The number of unbranched alkanes of at least 4 members (excludes halogenated alkanes) is 2. The Morgan fingerprint density at radius 2 is 1.93 bits per heavy atom. The van der Waals surface area contributed by atoms with Crippen molar-refractivity contribution in [2.75, 3.05) is 20.6 Å². The molecule has 5 atom stereocenters. The molecule has 0 aliphatic heterocycles. The molecule has 2 N–H and O–H groups in total. The third-order valence-corrected chi connectivity index (χ3v) is 7.08. The number of aliphatic hydroxyl groups is 2. The molecule has 2 aliphatic rings. The summed E-state index contributed by atoms with van der Waals surface area (Å²) in [6, 6.07) is 8.39. The van der Waals surface area contributed by atoms with Crippen LogP contribution in [0.25, 0.3) is 0 Å². The van der Waals surface area contributed by atoms with Gasteiger partial charge in [0.2, 0.25) is 0 Å². The van der Waals surface area contributed by atoms with Gasteiger partial charge in [0.15, 0.2) is 0 Å². The van der Waals surface area contributed by atoms with Crippen LogP contribution < -0.4 is 0 Å². The first kappa shape index (κ1) is 23.2. The number of rotatable bonds is 11. The molecule has 0 heterocycles. The van der Waals surface area contributed by atoms with E-state index < -0.39 is 6.10 Å². The third-order valence-electron chi connectivity index (χ3n) is 7.08. The maximum Gasteiger partial charge on any atom is 0.0724 e. The van der Waals surface area contributed by atoms with E-state index in [1.165, 1.54) is 43.4 Å². The minimum absolute atomic E-state index is 0.186. The normalized spacial score (nSPS) is 27.1. The molecule has 30 heavy (non-hydrogen) atoms. The van der Waals surface area contributed by atoms with E-state index in [2.05, 4.69) is 62.3 Å². The van der Waals surface area contributed by atoms with Crippen LogP contribution in [0.15, 0.2) is 48.1 Å². The zero-order valence-electron chi connectivity index (χ0n) is 19.1. The Labute approximate surface area is 183 Å². The Bertz CT molecular complexity index is 723. The second-order valence-corrected chi connectivity index (χ2v) is 9.77. The number of nitrogens with zero attached hydrogens (tertiary/aromatic N) is 1. The summed E-state index contributed by atoms with van der Waals surface area (Å²) in [7, 11) is 4.28. The van der Waals surface area contributed by atoms with E-state index in [1.807, 2.05) is 6.08 Å². The van der Waals surface area contributed by atoms with Crippen LogP contribution in [-0.4, -0.2) is 48.0 Å². The van der Waals surface area contributed by atoms with Crippen LogP contribution in [0, 0.1) is 24.7 Å². The summed E-state index contributed by atoms with van der Waals surface area (Å²) >= 11 is 0. The highest BCUT2D eigenvalue weighted by molar-refractivity contribution is 5.26. The Kier molecular flexibility index (Phi) is 8.73. The van der Waals surface area contributed by atoms with E-state index in [1.54, 1.807) is 5.57 Å². The maximum absolute atomic E-state index is 10.6. The summed E-state index contributed by atoms with van der Waals surface area (Å²) < 4.78 is 0. The molecule has 1 aromatic rings. The van der Waals surface area contributed by atoms with E-state index >= 15 is 0 Å². The lowest BCUT2D eigenvalue weighted by atomic mass is 9.88. The van der Waals surface area contributed by atoms with Crippen molar-refractivity contribution in [3.8, 4) is 0 Å². The van der Waals surface area contributed by atoms with Gasteiger partial charge in [0.25, 0.3) is 0 Å². The smallest absolute Gasteiger partial charge is 0.0724 e. The highest BCUT2D eigenvalue weighted by Gasteiger charge is 2.43. The van der Waals surface area contributed by atoms with Gasteiger partial charge in [0, 0.05) is 5.92 Å². The van der Waals surface area contributed by atoms with Gasteiger partial charge in [0.05, 0.1) is 12.2 Å². The summed E-state index contributed by atoms with van der Waals surface area (Å²) in [6.07, 6.45) is 14.5. The number of aryl methyl sites for hydroxylation is 2. The number of aliphatic hydroxyl groups excluding tert-OH is 2. The van der Waals surface area contributed by atoms with Crippen molar-refractivity contribution in [1.82, 2.24) is 4.90 Å². The van der Waals surface area contributed by atoms with Crippen molar-refractivity contribution in [1.29, 1.82) is 0 Å². The van der Waals surface area contributed by atoms with E-state index in [9.17, 15) is 10.2 Å². The predicted octanol–water partition coefficient (Wildman–Crippen LogP) is 4.91. The van der Waals surface area contributed by atoms with E-state index in [0.29, 0.717) is 11.8 Å². The number of fused-ring (bicyclic) bond motifs is 1. The molecule has 3 rings (SSSR count). The Balaban J connectivity index is 1.44. The van der Waals surface area contributed by atoms with Crippen molar-refractivity contribution >= 4 is 0 Å². The lowest BCUT2D eigenvalue weighted by Gasteiger charge is -2.19. The molecule has 3 heteroatoms. The molecule has 0 amide bonds. The molecule has 0 spiro atoms. The standard InChI is InChI=1S/C27H41NO2/c1-20-9-6-7-11-22(20)12-13-24(29)14-15-25-26-18-21(17-23(26)19-27(25)30)10-5-4-8-16-28(2)3/h6-7,9,11,14-15,17,23-27,29-30H,4-5,8,10,12-13,16,18-19H2,1-3H3/b15-14+/t23-,24-,25+,26-,27+/m0/s1. The first-order valence-corrected chi connectivity index (χ1v) is 11.9. The van der Waals surface area contributed by atoms with Crippen LogP contribution in [0.4, 0.5) is 0 Å². The summed E-state index contributed by atoms with van der Waals surface area (Å²) in [5.74, 6) is 1.23. The third kappa shape index (κ3) is 6.54. The summed E-state index contributed by atoms with van der Waals surface area (Å²) in [6.45, 7) is 3.30. The Morgan fingerprint density at radius 3 is 2.70 bits per heavy atom. The van der Waals surface area contributed by atoms with Crippen LogP contribution in [0.2, 0.25) is 0 Å². The number of hydrogen-bond acceptors (Lipinski definition) is 3. The lowest BCUT2D eigenvalue weighted by Crippen LogP contribution is -2.18. The van der Waals surface area contributed by atoms with Crippen LogP contribution >= 0.6 is 0 Å². The maximum atomic E-state index is 10.6. The molecule has 1 fully saturated rings. The molecule has 0 saturated heterocycles. The first-order valence-electron chi connectivity index (χ1n) is 11.9. The minimum Gasteiger partial charge on any atom is -0.392 e. The fraction of sp³-hybridized carbons (Fsp3) is 0.630. The average Bonchev–Trinajstić information content (AvgIpc) is 3.21. The first-order chi connectivity index (χ1) is 14.4. The molecule has 1 saturated carbocycles. The molecule has 0 radical (unpaired) electrons.